The van der Waals surface area contributed by atoms with Crippen LogP contribution in [0.2, 0.25) is 0 Å². The van der Waals surface area contributed by atoms with Gasteiger partial charge in [0.2, 0.25) is 11.9 Å². The van der Waals surface area contributed by atoms with Gasteiger partial charge < -0.3 is 10.2 Å². The maximum atomic E-state index is 12.1. The average Bonchev–Trinajstić information content (AvgIpc) is 3.49. The topological polar surface area (TPSA) is 71.0 Å². The summed E-state index contributed by atoms with van der Waals surface area (Å²) in [5.41, 5.74) is 3.08. The van der Waals surface area contributed by atoms with E-state index in [1.54, 1.807) is 0 Å². The van der Waals surface area contributed by atoms with Gasteiger partial charge in [-0.3, -0.25) is 9.78 Å². The SMILES string of the molecule is CC1CC1C(=O)NCC1CCC(c2nc(N(C)C)ncc2-c2ccccn2)CC1. The Balaban J connectivity index is 1.44. The number of carbonyl (C=O) groups is 1. The van der Waals surface area contributed by atoms with Gasteiger partial charge in [0.1, 0.15) is 0 Å². The van der Waals surface area contributed by atoms with Crippen LogP contribution in [-0.4, -0.2) is 41.5 Å². The van der Waals surface area contributed by atoms with Crippen molar-refractivity contribution in [3.63, 3.8) is 0 Å². The Hall–Kier alpha value is -2.50. The molecule has 1 amide bonds. The minimum atomic E-state index is 0.253. The molecule has 0 saturated heterocycles. The number of rotatable bonds is 6. The van der Waals surface area contributed by atoms with Crippen LogP contribution in [-0.2, 0) is 4.79 Å². The number of hydrogen-bond donors (Lipinski definition) is 1. The molecule has 1 N–H and O–H groups in total. The molecule has 154 valence electrons. The zero-order valence-electron chi connectivity index (χ0n) is 17.6. The van der Waals surface area contributed by atoms with Gasteiger partial charge in [-0.25, -0.2) is 9.97 Å². The van der Waals surface area contributed by atoms with Gasteiger partial charge in [0.05, 0.1) is 11.4 Å². The Labute approximate surface area is 173 Å². The zero-order valence-corrected chi connectivity index (χ0v) is 17.6. The van der Waals surface area contributed by atoms with Crippen LogP contribution < -0.4 is 10.2 Å². The van der Waals surface area contributed by atoms with E-state index >= 15 is 0 Å². The largest absolute Gasteiger partial charge is 0.356 e. The highest BCUT2D eigenvalue weighted by atomic mass is 16.2. The molecule has 6 heteroatoms. The average molecular weight is 394 g/mol. The summed E-state index contributed by atoms with van der Waals surface area (Å²) in [4.78, 5) is 28.0. The standard InChI is InChI=1S/C23H31N5O/c1-15-12-18(15)22(29)25-13-16-7-9-17(10-8-16)21-19(20-6-4-5-11-24-20)14-26-23(27-21)28(2)3/h4-6,11,14-18H,7-10,12-13H2,1-3H3,(H,25,29). The van der Waals surface area contributed by atoms with Crippen molar-refractivity contribution in [2.45, 2.75) is 44.9 Å². The molecule has 2 aliphatic carbocycles. The van der Waals surface area contributed by atoms with E-state index in [-0.39, 0.29) is 11.8 Å². The van der Waals surface area contributed by atoms with Gasteiger partial charge in [0.25, 0.3) is 0 Å². The smallest absolute Gasteiger partial charge is 0.225 e. The molecule has 2 aromatic rings. The molecule has 2 atom stereocenters. The summed E-state index contributed by atoms with van der Waals surface area (Å²) in [7, 11) is 3.94. The lowest BCUT2D eigenvalue weighted by atomic mass is 9.79. The predicted octanol–water partition coefficient (Wildman–Crippen LogP) is 3.65. The summed E-state index contributed by atoms with van der Waals surface area (Å²) >= 11 is 0. The molecule has 2 saturated carbocycles. The molecule has 29 heavy (non-hydrogen) atoms. The monoisotopic (exact) mass is 393 g/mol. The summed E-state index contributed by atoms with van der Waals surface area (Å²) in [6, 6.07) is 5.96. The Morgan fingerprint density at radius 1 is 1.17 bits per heavy atom. The van der Waals surface area contributed by atoms with Gasteiger partial charge in [0.15, 0.2) is 0 Å². The van der Waals surface area contributed by atoms with Crippen molar-refractivity contribution >= 4 is 11.9 Å². The third-order valence-corrected chi connectivity index (χ3v) is 6.39. The molecule has 2 heterocycles. The van der Waals surface area contributed by atoms with Crippen LogP contribution in [0, 0.1) is 17.8 Å². The molecule has 2 aliphatic rings. The summed E-state index contributed by atoms with van der Waals surface area (Å²) in [6.07, 6.45) is 9.20. The first kappa shape index (κ1) is 19.8. The highest BCUT2D eigenvalue weighted by molar-refractivity contribution is 5.81. The number of hydrogen-bond acceptors (Lipinski definition) is 5. The highest BCUT2D eigenvalue weighted by Crippen LogP contribution is 2.40. The Bertz CT molecular complexity index is 846. The fraction of sp³-hybridized carbons (Fsp3) is 0.565. The van der Waals surface area contributed by atoms with E-state index in [1.165, 1.54) is 0 Å². The number of nitrogens with one attached hydrogen (secondary N) is 1. The van der Waals surface area contributed by atoms with E-state index in [0.29, 0.717) is 17.8 Å². The predicted molar refractivity (Wildman–Crippen MR) is 115 cm³/mol. The van der Waals surface area contributed by atoms with Gasteiger partial charge in [-0.05, 0) is 56.1 Å². The van der Waals surface area contributed by atoms with Gasteiger partial charge in [-0.2, -0.15) is 0 Å². The quantitative estimate of drug-likeness (QED) is 0.811. The summed E-state index contributed by atoms with van der Waals surface area (Å²) in [5, 5.41) is 3.18. The second-order valence-electron chi connectivity index (χ2n) is 8.86. The van der Waals surface area contributed by atoms with Crippen molar-refractivity contribution in [2.75, 3.05) is 25.5 Å². The third-order valence-electron chi connectivity index (χ3n) is 6.39. The molecule has 0 aromatic carbocycles. The number of carbonyl (C=O) groups excluding carboxylic acids is 1. The van der Waals surface area contributed by atoms with Gasteiger partial charge in [-0.15, -0.1) is 0 Å². The van der Waals surface area contributed by atoms with Gasteiger partial charge in [-0.1, -0.05) is 13.0 Å². The third kappa shape index (κ3) is 4.57. The first-order valence-corrected chi connectivity index (χ1v) is 10.8. The summed E-state index contributed by atoms with van der Waals surface area (Å²) in [6.45, 7) is 2.97. The van der Waals surface area contributed by atoms with Crippen molar-refractivity contribution in [1.29, 1.82) is 0 Å². The maximum Gasteiger partial charge on any atom is 0.225 e. The van der Waals surface area contributed by atoms with Crippen LogP contribution in [0.4, 0.5) is 5.95 Å². The molecule has 6 nitrogen and oxygen atoms in total. The van der Waals surface area contributed by atoms with Gasteiger partial charge >= 0.3 is 0 Å². The molecule has 2 unspecified atom stereocenters. The van der Waals surface area contributed by atoms with E-state index in [0.717, 1.165) is 61.5 Å². The molecule has 0 radical (unpaired) electrons. The summed E-state index contributed by atoms with van der Waals surface area (Å²) in [5.74, 6) is 2.80. The molecule has 0 spiro atoms. The molecule has 2 aromatic heterocycles. The van der Waals surface area contributed by atoms with E-state index in [1.807, 2.05) is 49.6 Å². The van der Waals surface area contributed by atoms with Crippen molar-refractivity contribution in [1.82, 2.24) is 20.3 Å². The van der Waals surface area contributed by atoms with Crippen molar-refractivity contribution in [2.24, 2.45) is 17.8 Å². The molecule has 4 rings (SSSR count). The Morgan fingerprint density at radius 3 is 2.55 bits per heavy atom. The lowest BCUT2D eigenvalue weighted by Gasteiger charge is -2.29. The van der Waals surface area contributed by atoms with Crippen molar-refractivity contribution < 1.29 is 4.79 Å². The first-order chi connectivity index (χ1) is 14.0. The number of amides is 1. The molecular weight excluding hydrogens is 362 g/mol. The Kier molecular flexibility index (Phi) is 5.79. The fourth-order valence-corrected chi connectivity index (χ4v) is 4.33. The minimum absolute atomic E-state index is 0.253. The first-order valence-electron chi connectivity index (χ1n) is 10.8. The molecule has 2 fully saturated rings. The maximum absolute atomic E-state index is 12.1. The Morgan fingerprint density at radius 2 is 1.93 bits per heavy atom. The van der Waals surface area contributed by atoms with Crippen LogP contribution in [0.25, 0.3) is 11.3 Å². The lowest BCUT2D eigenvalue weighted by molar-refractivity contribution is -0.122. The normalized spacial score (nSPS) is 26.0. The van der Waals surface area contributed by atoms with E-state index in [4.69, 9.17) is 4.98 Å². The van der Waals surface area contributed by atoms with E-state index < -0.39 is 0 Å². The van der Waals surface area contributed by atoms with Crippen molar-refractivity contribution in [3.05, 3.63) is 36.3 Å². The lowest BCUT2D eigenvalue weighted by Crippen LogP contribution is -2.32. The number of nitrogens with zero attached hydrogens (tertiary/aromatic N) is 4. The fourth-order valence-electron chi connectivity index (χ4n) is 4.33. The minimum Gasteiger partial charge on any atom is -0.356 e. The zero-order chi connectivity index (χ0) is 20.4. The highest BCUT2D eigenvalue weighted by Gasteiger charge is 2.39. The van der Waals surface area contributed by atoms with E-state index in [2.05, 4.69) is 22.2 Å². The van der Waals surface area contributed by atoms with Crippen LogP contribution in [0.5, 0.6) is 0 Å². The van der Waals surface area contributed by atoms with Crippen LogP contribution in [0.3, 0.4) is 0 Å². The molecular formula is C23H31N5O. The van der Waals surface area contributed by atoms with Crippen LogP contribution in [0.15, 0.2) is 30.6 Å². The number of aromatic nitrogens is 3. The van der Waals surface area contributed by atoms with Crippen LogP contribution >= 0.6 is 0 Å². The summed E-state index contributed by atoms with van der Waals surface area (Å²) < 4.78 is 0. The second kappa shape index (κ2) is 8.47. The van der Waals surface area contributed by atoms with Crippen molar-refractivity contribution in [3.8, 4) is 11.3 Å². The number of anilines is 1. The van der Waals surface area contributed by atoms with E-state index in [9.17, 15) is 4.79 Å². The van der Waals surface area contributed by atoms with Crippen LogP contribution in [0.1, 0.15) is 50.6 Å². The molecule has 0 bridgehead atoms. The van der Waals surface area contributed by atoms with Gasteiger partial charge in [0, 0.05) is 50.4 Å². The molecule has 0 aliphatic heterocycles. The number of pyridine rings is 1. The second-order valence-corrected chi connectivity index (χ2v) is 8.86.